The Kier molecular flexibility index (Phi) is 3.79. The molecule has 0 saturated heterocycles. The second-order valence-corrected chi connectivity index (χ2v) is 4.79. The zero-order chi connectivity index (χ0) is 11.4. The van der Waals surface area contributed by atoms with E-state index in [2.05, 4.69) is 10.4 Å². The number of nitrogens with one attached hydrogen (secondary N) is 1. The van der Waals surface area contributed by atoms with E-state index in [1.165, 1.54) is 25.7 Å². The molecule has 1 saturated carbocycles. The first-order valence-corrected chi connectivity index (χ1v) is 6.39. The molecule has 0 aromatic carbocycles. The van der Waals surface area contributed by atoms with Crippen LogP contribution in [-0.2, 0) is 0 Å². The fourth-order valence-electron chi connectivity index (χ4n) is 2.01. The molecule has 1 aromatic rings. The predicted molar refractivity (Wildman–Crippen MR) is 67.0 cm³/mol. The van der Waals surface area contributed by atoms with Gasteiger partial charge in [-0.05, 0) is 24.3 Å². The minimum atomic E-state index is 0.415. The quantitative estimate of drug-likeness (QED) is 0.366. The molecule has 88 valence electrons. The van der Waals surface area contributed by atoms with Crippen molar-refractivity contribution >= 4 is 17.2 Å². The van der Waals surface area contributed by atoms with Crippen LogP contribution in [0, 0.1) is 0 Å². The Morgan fingerprint density at radius 3 is 2.94 bits per heavy atom. The Bertz CT molecular complexity index is 369. The average Bonchev–Trinajstić information content (AvgIpc) is 2.96. The zero-order valence-electron chi connectivity index (χ0n) is 9.40. The molecule has 0 radical (unpaired) electrons. The number of methoxy groups -OCH3 is 1. The van der Waals surface area contributed by atoms with Gasteiger partial charge in [-0.1, -0.05) is 12.8 Å². The second-order valence-electron chi connectivity index (χ2n) is 3.88. The smallest absolute Gasteiger partial charge is 0.156 e. The van der Waals surface area contributed by atoms with Crippen LogP contribution in [0.15, 0.2) is 16.4 Å². The monoisotopic (exact) mass is 239 g/mol. The van der Waals surface area contributed by atoms with Gasteiger partial charge in [0.2, 0.25) is 0 Å². The summed E-state index contributed by atoms with van der Waals surface area (Å²) in [7, 11) is 1.66. The third-order valence-electron chi connectivity index (χ3n) is 2.84. The highest BCUT2D eigenvalue weighted by Crippen LogP contribution is 2.26. The summed E-state index contributed by atoms with van der Waals surface area (Å²) in [6, 6.07) is 2.35. The summed E-state index contributed by atoms with van der Waals surface area (Å²) in [5, 5.41) is 1.98. The molecule has 2 rings (SSSR count). The van der Waals surface area contributed by atoms with Gasteiger partial charge in [0.25, 0.3) is 0 Å². The number of nitrogens with zero attached hydrogens (tertiary/aromatic N) is 1. The van der Waals surface area contributed by atoms with Crippen molar-refractivity contribution in [1.82, 2.24) is 5.43 Å². The summed E-state index contributed by atoms with van der Waals surface area (Å²) in [5.41, 5.74) is 2.69. The van der Waals surface area contributed by atoms with Gasteiger partial charge >= 0.3 is 0 Å². The van der Waals surface area contributed by atoms with Gasteiger partial charge in [0.05, 0.1) is 13.2 Å². The van der Waals surface area contributed by atoms with E-state index >= 15 is 0 Å². The molecule has 0 atom stereocenters. The molecule has 1 heterocycles. The van der Waals surface area contributed by atoms with E-state index in [1.807, 2.05) is 11.4 Å². The SMILES string of the molecule is COc1ccsc1C(=NC1CCCC1)NN. The van der Waals surface area contributed by atoms with E-state index in [1.54, 1.807) is 18.4 Å². The number of hydrazine groups is 1. The maximum Gasteiger partial charge on any atom is 0.156 e. The molecular formula is C11H17N3OS. The largest absolute Gasteiger partial charge is 0.495 e. The molecule has 1 aliphatic rings. The van der Waals surface area contributed by atoms with Gasteiger partial charge < -0.3 is 10.2 Å². The summed E-state index contributed by atoms with van der Waals surface area (Å²) < 4.78 is 5.27. The lowest BCUT2D eigenvalue weighted by atomic mass is 10.2. The molecule has 4 nitrogen and oxygen atoms in total. The number of rotatable bonds is 3. The number of thiophene rings is 1. The first-order chi connectivity index (χ1) is 7.85. The lowest BCUT2D eigenvalue weighted by Gasteiger charge is -2.09. The Hall–Kier alpha value is -1.07. The van der Waals surface area contributed by atoms with Gasteiger partial charge in [0, 0.05) is 0 Å². The fourth-order valence-corrected chi connectivity index (χ4v) is 2.83. The van der Waals surface area contributed by atoms with Crippen LogP contribution in [0.25, 0.3) is 0 Å². The molecular weight excluding hydrogens is 222 g/mol. The van der Waals surface area contributed by atoms with Crippen molar-refractivity contribution < 1.29 is 4.74 Å². The number of amidine groups is 1. The van der Waals surface area contributed by atoms with Crippen LogP contribution in [0.2, 0.25) is 0 Å². The standard InChI is InChI=1S/C11H17N3OS/c1-15-9-6-7-16-10(9)11(14-12)13-8-4-2-3-5-8/h6-8H,2-5,12H2,1H3,(H,13,14). The van der Waals surface area contributed by atoms with Crippen LogP contribution >= 0.6 is 11.3 Å². The van der Waals surface area contributed by atoms with Crippen molar-refractivity contribution in [2.24, 2.45) is 10.8 Å². The molecule has 0 unspecified atom stereocenters. The Morgan fingerprint density at radius 2 is 2.31 bits per heavy atom. The highest BCUT2D eigenvalue weighted by Gasteiger charge is 2.17. The van der Waals surface area contributed by atoms with Crippen LogP contribution in [0.5, 0.6) is 5.75 Å². The van der Waals surface area contributed by atoms with Crippen molar-refractivity contribution in [1.29, 1.82) is 0 Å². The maximum absolute atomic E-state index is 5.54. The van der Waals surface area contributed by atoms with E-state index in [0.717, 1.165) is 16.5 Å². The second kappa shape index (κ2) is 5.32. The van der Waals surface area contributed by atoms with Crippen LogP contribution in [0.4, 0.5) is 0 Å². The number of nitrogens with two attached hydrogens (primary N) is 1. The molecule has 1 aliphatic carbocycles. The highest BCUT2D eigenvalue weighted by atomic mass is 32.1. The van der Waals surface area contributed by atoms with Crippen molar-refractivity contribution in [2.75, 3.05) is 7.11 Å². The highest BCUT2D eigenvalue weighted by molar-refractivity contribution is 7.12. The normalized spacial score (nSPS) is 17.8. The summed E-state index contributed by atoms with van der Waals surface area (Å²) in [6.45, 7) is 0. The van der Waals surface area contributed by atoms with Crippen molar-refractivity contribution in [3.05, 3.63) is 16.3 Å². The molecule has 1 aromatic heterocycles. The number of hydrogen-bond acceptors (Lipinski definition) is 4. The molecule has 5 heteroatoms. The Labute approximate surface area is 99.5 Å². The van der Waals surface area contributed by atoms with E-state index in [9.17, 15) is 0 Å². The van der Waals surface area contributed by atoms with Crippen molar-refractivity contribution in [3.63, 3.8) is 0 Å². The van der Waals surface area contributed by atoms with Gasteiger partial charge in [0.1, 0.15) is 10.6 Å². The minimum Gasteiger partial charge on any atom is -0.495 e. The minimum absolute atomic E-state index is 0.415. The van der Waals surface area contributed by atoms with E-state index in [0.29, 0.717) is 6.04 Å². The van der Waals surface area contributed by atoms with E-state index in [4.69, 9.17) is 10.6 Å². The van der Waals surface area contributed by atoms with Gasteiger partial charge in [-0.2, -0.15) is 0 Å². The van der Waals surface area contributed by atoms with Gasteiger partial charge in [-0.15, -0.1) is 11.3 Å². The van der Waals surface area contributed by atoms with Gasteiger partial charge in [0.15, 0.2) is 5.84 Å². The summed E-state index contributed by atoms with van der Waals surface area (Å²) in [4.78, 5) is 5.64. The number of hydrogen-bond donors (Lipinski definition) is 2. The lowest BCUT2D eigenvalue weighted by Crippen LogP contribution is -2.31. The lowest BCUT2D eigenvalue weighted by molar-refractivity contribution is 0.415. The topological polar surface area (TPSA) is 59.6 Å². The maximum atomic E-state index is 5.54. The van der Waals surface area contributed by atoms with E-state index < -0.39 is 0 Å². The van der Waals surface area contributed by atoms with Crippen LogP contribution in [-0.4, -0.2) is 19.0 Å². The van der Waals surface area contributed by atoms with Crippen LogP contribution in [0.1, 0.15) is 30.6 Å². The summed E-state index contributed by atoms with van der Waals surface area (Å²) in [5.74, 6) is 7.12. The Morgan fingerprint density at radius 1 is 1.56 bits per heavy atom. The third kappa shape index (κ3) is 2.36. The molecule has 3 N–H and O–H groups in total. The Balaban J connectivity index is 2.21. The van der Waals surface area contributed by atoms with E-state index in [-0.39, 0.29) is 0 Å². The molecule has 0 aliphatic heterocycles. The number of ether oxygens (including phenoxy) is 1. The molecule has 0 amide bonds. The van der Waals surface area contributed by atoms with Crippen molar-refractivity contribution in [3.8, 4) is 5.75 Å². The molecule has 0 bridgehead atoms. The average molecular weight is 239 g/mol. The first kappa shape index (κ1) is 11.4. The molecule has 16 heavy (non-hydrogen) atoms. The summed E-state index contributed by atoms with van der Waals surface area (Å²) >= 11 is 1.59. The van der Waals surface area contributed by atoms with Crippen LogP contribution < -0.4 is 16.0 Å². The van der Waals surface area contributed by atoms with Gasteiger partial charge in [-0.3, -0.25) is 4.99 Å². The summed E-state index contributed by atoms with van der Waals surface area (Å²) in [6.07, 6.45) is 4.87. The molecule has 0 spiro atoms. The zero-order valence-corrected chi connectivity index (χ0v) is 10.2. The fraction of sp³-hybridized carbons (Fsp3) is 0.545. The molecule has 1 fully saturated rings. The third-order valence-corrected chi connectivity index (χ3v) is 3.74. The number of aliphatic imine (C=N–C) groups is 1. The predicted octanol–water partition coefficient (Wildman–Crippen LogP) is 1.91. The van der Waals surface area contributed by atoms with Crippen LogP contribution in [0.3, 0.4) is 0 Å². The first-order valence-electron chi connectivity index (χ1n) is 5.51. The van der Waals surface area contributed by atoms with Crippen molar-refractivity contribution in [2.45, 2.75) is 31.7 Å². The van der Waals surface area contributed by atoms with Gasteiger partial charge in [-0.25, -0.2) is 5.84 Å².